The summed E-state index contributed by atoms with van der Waals surface area (Å²) in [6, 6.07) is 0. The van der Waals surface area contributed by atoms with E-state index in [-0.39, 0.29) is 18.9 Å². The third-order valence-corrected chi connectivity index (χ3v) is 4.68. The highest BCUT2D eigenvalue weighted by Gasteiger charge is 2.35. The molecule has 0 bridgehead atoms. The number of hydrogen-bond acceptors (Lipinski definition) is 3. The van der Waals surface area contributed by atoms with Crippen LogP contribution in [0.2, 0.25) is 0 Å². The second-order valence-electron chi connectivity index (χ2n) is 4.19. The highest BCUT2D eigenvalue weighted by atomic mass is 32.2. The van der Waals surface area contributed by atoms with E-state index in [4.69, 9.17) is 5.11 Å². The van der Waals surface area contributed by atoms with E-state index in [1.165, 1.54) is 21.7 Å². The molecule has 98 valence electrons. The Kier molecular flexibility index (Phi) is 4.67. The molecule has 1 saturated heterocycles. The van der Waals surface area contributed by atoms with Gasteiger partial charge in [-0.05, 0) is 12.3 Å². The lowest BCUT2D eigenvalue weighted by Crippen LogP contribution is -2.52. The smallest absolute Gasteiger partial charge is 0.303 e. The van der Waals surface area contributed by atoms with Gasteiger partial charge in [0.25, 0.3) is 10.2 Å². The minimum absolute atomic E-state index is 0.0552. The van der Waals surface area contributed by atoms with Gasteiger partial charge in [0.05, 0.1) is 0 Å². The molecule has 1 unspecified atom stereocenters. The first kappa shape index (κ1) is 14.1. The summed E-state index contributed by atoms with van der Waals surface area (Å²) in [7, 11) is -1.88. The molecule has 1 N–H and O–H groups in total. The maximum absolute atomic E-state index is 11.9. The molecule has 0 aliphatic carbocycles. The number of carboxylic acid groups (broad SMARTS) is 1. The van der Waals surface area contributed by atoms with E-state index < -0.39 is 16.2 Å². The van der Waals surface area contributed by atoms with Crippen molar-refractivity contribution in [2.24, 2.45) is 5.92 Å². The van der Waals surface area contributed by atoms with E-state index in [2.05, 4.69) is 6.58 Å². The SMILES string of the molecule is C=CCN1CC(CCC(=O)O)CN(C)S1(=O)=O. The van der Waals surface area contributed by atoms with Crippen LogP contribution in [-0.2, 0) is 15.0 Å². The van der Waals surface area contributed by atoms with Crippen LogP contribution in [-0.4, -0.2) is 54.8 Å². The summed E-state index contributed by atoms with van der Waals surface area (Å²) in [5.74, 6) is -0.795. The van der Waals surface area contributed by atoms with Crippen molar-refractivity contribution < 1.29 is 18.3 Å². The van der Waals surface area contributed by atoms with Crippen LogP contribution in [0.4, 0.5) is 0 Å². The molecule has 0 amide bonds. The first-order valence-corrected chi connectivity index (χ1v) is 6.81. The summed E-state index contributed by atoms with van der Waals surface area (Å²) >= 11 is 0. The molecule has 0 radical (unpaired) electrons. The van der Waals surface area contributed by atoms with E-state index in [1.807, 2.05) is 0 Å². The number of carbonyl (C=O) groups is 1. The van der Waals surface area contributed by atoms with E-state index in [1.54, 1.807) is 0 Å². The summed E-state index contributed by atoms with van der Waals surface area (Å²) in [6.07, 6.45) is 2.09. The summed E-state index contributed by atoms with van der Waals surface area (Å²) < 4.78 is 26.3. The van der Waals surface area contributed by atoms with Crippen LogP contribution in [0.25, 0.3) is 0 Å². The maximum atomic E-state index is 11.9. The molecular weight excluding hydrogens is 244 g/mol. The Morgan fingerprint density at radius 3 is 2.71 bits per heavy atom. The number of rotatable bonds is 5. The van der Waals surface area contributed by atoms with Crippen LogP contribution in [0.5, 0.6) is 0 Å². The predicted molar refractivity (Wildman–Crippen MR) is 63.7 cm³/mol. The van der Waals surface area contributed by atoms with Crippen molar-refractivity contribution in [2.75, 3.05) is 26.7 Å². The average Bonchev–Trinajstić information content (AvgIpc) is 2.23. The zero-order valence-corrected chi connectivity index (χ0v) is 10.7. The van der Waals surface area contributed by atoms with E-state index in [9.17, 15) is 13.2 Å². The third-order valence-electron chi connectivity index (χ3n) is 2.80. The van der Waals surface area contributed by atoms with Gasteiger partial charge in [0.1, 0.15) is 0 Å². The van der Waals surface area contributed by atoms with Crippen LogP contribution >= 0.6 is 0 Å². The van der Waals surface area contributed by atoms with Gasteiger partial charge < -0.3 is 5.11 Å². The second-order valence-corrected chi connectivity index (χ2v) is 6.23. The highest BCUT2D eigenvalue weighted by molar-refractivity contribution is 7.86. The van der Waals surface area contributed by atoms with Gasteiger partial charge in [0, 0.05) is 33.1 Å². The molecule has 17 heavy (non-hydrogen) atoms. The monoisotopic (exact) mass is 262 g/mol. The topological polar surface area (TPSA) is 77.9 Å². The van der Waals surface area contributed by atoms with Crippen LogP contribution in [0, 0.1) is 5.92 Å². The Morgan fingerprint density at radius 1 is 1.53 bits per heavy atom. The number of nitrogens with zero attached hydrogens (tertiary/aromatic N) is 2. The fourth-order valence-electron chi connectivity index (χ4n) is 1.92. The van der Waals surface area contributed by atoms with Crippen molar-refractivity contribution in [3.8, 4) is 0 Å². The Hall–Kier alpha value is -0.920. The van der Waals surface area contributed by atoms with Gasteiger partial charge in [-0.3, -0.25) is 4.79 Å². The third kappa shape index (κ3) is 3.52. The van der Waals surface area contributed by atoms with Gasteiger partial charge in [0.2, 0.25) is 0 Å². The highest BCUT2D eigenvalue weighted by Crippen LogP contribution is 2.21. The molecule has 1 aliphatic rings. The summed E-state index contributed by atoms with van der Waals surface area (Å²) in [5, 5.41) is 8.62. The second kappa shape index (κ2) is 5.61. The van der Waals surface area contributed by atoms with E-state index in [0.29, 0.717) is 19.5 Å². The zero-order chi connectivity index (χ0) is 13.1. The predicted octanol–water partition coefficient (Wildman–Crippen LogP) is 0.146. The molecule has 1 rings (SSSR count). The Bertz CT molecular complexity index is 393. The number of carboxylic acids is 1. The molecular formula is C10H18N2O4S. The molecule has 7 heteroatoms. The molecule has 0 spiro atoms. The van der Waals surface area contributed by atoms with Crippen molar-refractivity contribution in [1.29, 1.82) is 0 Å². The van der Waals surface area contributed by atoms with Crippen molar-refractivity contribution >= 4 is 16.2 Å². The fraction of sp³-hybridized carbons (Fsp3) is 0.700. The van der Waals surface area contributed by atoms with Crippen LogP contribution in [0.15, 0.2) is 12.7 Å². The average molecular weight is 262 g/mol. The van der Waals surface area contributed by atoms with Crippen molar-refractivity contribution in [3.63, 3.8) is 0 Å². The van der Waals surface area contributed by atoms with Gasteiger partial charge in [-0.25, -0.2) is 0 Å². The Balaban J connectivity index is 2.69. The normalized spacial score (nSPS) is 25.6. The molecule has 0 aromatic rings. The molecule has 0 saturated carbocycles. The molecule has 0 aromatic heterocycles. The lowest BCUT2D eigenvalue weighted by Gasteiger charge is -2.36. The van der Waals surface area contributed by atoms with Gasteiger partial charge in [-0.2, -0.15) is 17.0 Å². The molecule has 6 nitrogen and oxygen atoms in total. The Labute approximate surface area is 102 Å². The molecule has 0 aromatic carbocycles. The minimum atomic E-state index is -3.39. The van der Waals surface area contributed by atoms with Crippen LogP contribution in [0.3, 0.4) is 0 Å². The number of aliphatic carboxylic acids is 1. The van der Waals surface area contributed by atoms with Gasteiger partial charge in [-0.1, -0.05) is 6.08 Å². The largest absolute Gasteiger partial charge is 0.481 e. The standard InChI is InChI=1S/C10H18N2O4S/c1-3-6-12-8-9(4-5-10(13)14)7-11(2)17(12,15)16/h3,9H,1,4-8H2,2H3,(H,13,14). The first-order valence-electron chi connectivity index (χ1n) is 5.42. The summed E-state index contributed by atoms with van der Waals surface area (Å²) in [4.78, 5) is 10.5. The van der Waals surface area contributed by atoms with Gasteiger partial charge >= 0.3 is 5.97 Å². The summed E-state index contributed by atoms with van der Waals surface area (Å²) in [5.41, 5.74) is 0. The minimum Gasteiger partial charge on any atom is -0.481 e. The number of hydrogen-bond donors (Lipinski definition) is 1. The van der Waals surface area contributed by atoms with E-state index in [0.717, 1.165) is 0 Å². The van der Waals surface area contributed by atoms with Gasteiger partial charge in [-0.15, -0.1) is 6.58 Å². The maximum Gasteiger partial charge on any atom is 0.303 e. The van der Waals surface area contributed by atoms with Crippen LogP contribution in [0.1, 0.15) is 12.8 Å². The quantitative estimate of drug-likeness (QED) is 0.715. The van der Waals surface area contributed by atoms with Gasteiger partial charge in [0.15, 0.2) is 0 Å². The molecule has 1 heterocycles. The molecule has 1 fully saturated rings. The van der Waals surface area contributed by atoms with Crippen molar-refractivity contribution in [1.82, 2.24) is 8.61 Å². The van der Waals surface area contributed by atoms with E-state index >= 15 is 0 Å². The van der Waals surface area contributed by atoms with Crippen LogP contribution < -0.4 is 0 Å². The lowest BCUT2D eigenvalue weighted by atomic mass is 10.0. The molecule has 1 aliphatic heterocycles. The van der Waals surface area contributed by atoms with Crippen molar-refractivity contribution in [3.05, 3.63) is 12.7 Å². The zero-order valence-electron chi connectivity index (χ0n) is 9.87. The lowest BCUT2D eigenvalue weighted by molar-refractivity contribution is -0.137. The van der Waals surface area contributed by atoms with Crippen molar-refractivity contribution in [2.45, 2.75) is 12.8 Å². The fourth-order valence-corrected chi connectivity index (χ4v) is 3.40. The molecule has 1 atom stereocenters. The Morgan fingerprint density at radius 2 is 2.18 bits per heavy atom. The summed E-state index contributed by atoms with van der Waals surface area (Å²) in [6.45, 7) is 4.53. The first-order chi connectivity index (χ1) is 7.87.